The Morgan fingerprint density at radius 3 is 1.79 bits per heavy atom. The third kappa shape index (κ3) is 6.55. The first-order valence-corrected chi connectivity index (χ1v) is 9.37. The van der Waals surface area contributed by atoms with Gasteiger partial charge in [-0.1, -0.05) is 60.7 Å². The Morgan fingerprint density at radius 1 is 0.929 bits per heavy atom. The van der Waals surface area contributed by atoms with E-state index >= 15 is 0 Å². The van der Waals surface area contributed by atoms with Crippen molar-refractivity contribution >= 4 is 11.7 Å². The number of benzene rings is 2. The number of hydrogen-bond acceptors (Lipinski definition) is 3. The number of carbonyl (C=O) groups excluding carboxylic acids is 1. The zero-order chi connectivity index (χ0) is 20.6. The molecule has 0 radical (unpaired) electrons. The number of alkyl halides is 2. The van der Waals surface area contributed by atoms with E-state index in [2.05, 4.69) is 4.99 Å². The van der Waals surface area contributed by atoms with Gasteiger partial charge in [0.1, 0.15) is 11.6 Å². The Labute approximate surface area is 165 Å². The van der Waals surface area contributed by atoms with E-state index in [1.807, 2.05) is 60.7 Å². The minimum atomic E-state index is -0.994. The SMILES string of the molecule is CC(C)(C)OC(=O)C(CC(CF)CF)N=C(c1ccccc1)c1ccccc1. The summed E-state index contributed by atoms with van der Waals surface area (Å²) in [5.41, 5.74) is 1.51. The molecule has 3 nitrogen and oxygen atoms in total. The van der Waals surface area contributed by atoms with Crippen molar-refractivity contribution in [3.8, 4) is 0 Å². The van der Waals surface area contributed by atoms with E-state index in [0.29, 0.717) is 5.71 Å². The van der Waals surface area contributed by atoms with Crippen molar-refractivity contribution < 1.29 is 18.3 Å². The molecule has 2 aromatic rings. The number of carbonyl (C=O) groups is 1. The van der Waals surface area contributed by atoms with Crippen LogP contribution < -0.4 is 0 Å². The Kier molecular flexibility index (Phi) is 7.85. The molecule has 1 atom stereocenters. The van der Waals surface area contributed by atoms with Gasteiger partial charge in [0.05, 0.1) is 19.1 Å². The normalized spacial score (nSPS) is 12.5. The first-order chi connectivity index (χ1) is 13.3. The highest BCUT2D eigenvalue weighted by Crippen LogP contribution is 2.20. The third-order valence-corrected chi connectivity index (χ3v) is 4.05. The summed E-state index contributed by atoms with van der Waals surface area (Å²) in [6.45, 7) is 3.56. The van der Waals surface area contributed by atoms with Crippen LogP contribution >= 0.6 is 0 Å². The van der Waals surface area contributed by atoms with Crippen molar-refractivity contribution in [2.75, 3.05) is 13.3 Å². The second-order valence-electron chi connectivity index (χ2n) is 7.67. The van der Waals surface area contributed by atoms with Crippen LogP contribution in [-0.4, -0.2) is 36.7 Å². The van der Waals surface area contributed by atoms with Crippen LogP contribution in [0.25, 0.3) is 0 Å². The Bertz CT molecular complexity index is 725. The standard InChI is InChI=1S/C23H27F2NO2/c1-23(2,3)28-22(27)20(14-17(15-24)16-25)26-21(18-10-6-4-7-11-18)19-12-8-5-9-13-19/h4-13,17,20H,14-16H2,1-3H3. The van der Waals surface area contributed by atoms with Crippen molar-refractivity contribution in [1.82, 2.24) is 0 Å². The van der Waals surface area contributed by atoms with Gasteiger partial charge in [0, 0.05) is 17.0 Å². The van der Waals surface area contributed by atoms with Crippen LogP contribution in [-0.2, 0) is 9.53 Å². The number of esters is 1. The number of nitrogens with zero attached hydrogens (tertiary/aromatic N) is 1. The van der Waals surface area contributed by atoms with Gasteiger partial charge in [-0.2, -0.15) is 0 Å². The molecule has 0 saturated carbocycles. The van der Waals surface area contributed by atoms with E-state index in [9.17, 15) is 13.6 Å². The van der Waals surface area contributed by atoms with Gasteiger partial charge in [-0.15, -0.1) is 0 Å². The summed E-state index contributed by atoms with van der Waals surface area (Å²) in [5, 5.41) is 0. The van der Waals surface area contributed by atoms with Crippen molar-refractivity contribution in [3.05, 3.63) is 71.8 Å². The monoisotopic (exact) mass is 387 g/mol. The number of aliphatic imine (C=N–C) groups is 1. The highest BCUT2D eigenvalue weighted by molar-refractivity contribution is 6.13. The maximum Gasteiger partial charge on any atom is 0.331 e. The predicted octanol–water partition coefficient (Wildman–Crippen LogP) is 5.18. The molecule has 0 heterocycles. The number of hydrogen-bond donors (Lipinski definition) is 0. The molecule has 0 aliphatic rings. The zero-order valence-corrected chi connectivity index (χ0v) is 16.6. The van der Waals surface area contributed by atoms with Crippen LogP contribution in [0.4, 0.5) is 8.78 Å². The van der Waals surface area contributed by atoms with Gasteiger partial charge >= 0.3 is 5.97 Å². The van der Waals surface area contributed by atoms with E-state index in [0.717, 1.165) is 11.1 Å². The molecule has 2 rings (SSSR count). The lowest BCUT2D eigenvalue weighted by atomic mass is 9.99. The summed E-state index contributed by atoms with van der Waals surface area (Å²) >= 11 is 0. The Hall–Kier alpha value is -2.56. The summed E-state index contributed by atoms with van der Waals surface area (Å²) in [5.74, 6) is -1.47. The lowest BCUT2D eigenvalue weighted by molar-refractivity contribution is -0.156. The van der Waals surface area contributed by atoms with E-state index in [4.69, 9.17) is 4.74 Å². The van der Waals surface area contributed by atoms with E-state index in [1.54, 1.807) is 20.8 Å². The van der Waals surface area contributed by atoms with E-state index < -0.39 is 36.9 Å². The minimum Gasteiger partial charge on any atom is -0.458 e. The van der Waals surface area contributed by atoms with Crippen LogP contribution in [0.1, 0.15) is 38.3 Å². The van der Waals surface area contributed by atoms with Gasteiger partial charge in [0.15, 0.2) is 0 Å². The van der Waals surface area contributed by atoms with Crippen LogP contribution in [0, 0.1) is 5.92 Å². The molecule has 2 aromatic carbocycles. The smallest absolute Gasteiger partial charge is 0.331 e. The molecular formula is C23H27F2NO2. The molecule has 0 aliphatic carbocycles. The maximum absolute atomic E-state index is 13.2. The molecule has 28 heavy (non-hydrogen) atoms. The molecule has 0 bridgehead atoms. The average molecular weight is 387 g/mol. The summed E-state index contributed by atoms with van der Waals surface area (Å²) in [4.78, 5) is 17.4. The minimum absolute atomic E-state index is 0.0505. The first-order valence-electron chi connectivity index (χ1n) is 9.37. The van der Waals surface area contributed by atoms with Gasteiger partial charge in [-0.3, -0.25) is 13.8 Å². The van der Waals surface area contributed by atoms with Crippen molar-refractivity contribution in [2.45, 2.75) is 38.8 Å². The molecule has 150 valence electrons. The number of halogens is 2. The largest absolute Gasteiger partial charge is 0.458 e. The van der Waals surface area contributed by atoms with Gasteiger partial charge in [0.2, 0.25) is 0 Å². The van der Waals surface area contributed by atoms with Gasteiger partial charge in [0.25, 0.3) is 0 Å². The summed E-state index contributed by atoms with van der Waals surface area (Å²) in [7, 11) is 0. The van der Waals surface area contributed by atoms with Crippen molar-refractivity contribution in [3.63, 3.8) is 0 Å². The molecule has 0 aromatic heterocycles. The molecule has 0 spiro atoms. The van der Waals surface area contributed by atoms with Crippen LogP contribution in [0.15, 0.2) is 65.7 Å². The highest BCUT2D eigenvalue weighted by Gasteiger charge is 2.28. The van der Waals surface area contributed by atoms with Crippen LogP contribution in [0.2, 0.25) is 0 Å². The topological polar surface area (TPSA) is 38.7 Å². The summed E-state index contributed by atoms with van der Waals surface area (Å²) < 4.78 is 31.8. The molecule has 0 fully saturated rings. The number of ether oxygens (including phenoxy) is 1. The third-order valence-electron chi connectivity index (χ3n) is 4.05. The lowest BCUT2D eigenvalue weighted by Gasteiger charge is -2.24. The molecular weight excluding hydrogens is 360 g/mol. The fraction of sp³-hybridized carbons (Fsp3) is 0.391. The average Bonchev–Trinajstić information content (AvgIpc) is 2.68. The highest BCUT2D eigenvalue weighted by atomic mass is 19.1. The molecule has 0 N–H and O–H groups in total. The summed E-state index contributed by atoms with van der Waals surface area (Å²) in [6, 6.07) is 17.8. The lowest BCUT2D eigenvalue weighted by Crippen LogP contribution is -2.33. The summed E-state index contributed by atoms with van der Waals surface area (Å²) in [6.07, 6.45) is -0.0505. The first kappa shape index (κ1) is 21.7. The van der Waals surface area contributed by atoms with E-state index in [-0.39, 0.29) is 6.42 Å². The van der Waals surface area contributed by atoms with Gasteiger partial charge in [-0.05, 0) is 27.2 Å². The fourth-order valence-electron chi connectivity index (χ4n) is 2.72. The Morgan fingerprint density at radius 2 is 1.39 bits per heavy atom. The molecule has 0 saturated heterocycles. The second kappa shape index (κ2) is 10.1. The fourth-order valence-corrected chi connectivity index (χ4v) is 2.72. The van der Waals surface area contributed by atoms with Gasteiger partial charge in [-0.25, -0.2) is 4.79 Å². The number of rotatable bonds is 8. The molecule has 0 aliphatic heterocycles. The molecule has 5 heteroatoms. The molecule has 0 amide bonds. The predicted molar refractivity (Wildman–Crippen MR) is 108 cm³/mol. The van der Waals surface area contributed by atoms with Gasteiger partial charge < -0.3 is 4.74 Å². The van der Waals surface area contributed by atoms with Crippen LogP contribution in [0.3, 0.4) is 0 Å². The Balaban J connectivity index is 2.49. The zero-order valence-electron chi connectivity index (χ0n) is 16.6. The molecule has 1 unspecified atom stereocenters. The van der Waals surface area contributed by atoms with Crippen molar-refractivity contribution in [2.24, 2.45) is 10.9 Å². The van der Waals surface area contributed by atoms with E-state index in [1.165, 1.54) is 0 Å². The van der Waals surface area contributed by atoms with Crippen molar-refractivity contribution in [1.29, 1.82) is 0 Å². The second-order valence-corrected chi connectivity index (χ2v) is 7.67. The van der Waals surface area contributed by atoms with Crippen LogP contribution in [0.5, 0.6) is 0 Å². The quantitative estimate of drug-likeness (QED) is 0.462. The maximum atomic E-state index is 13.2.